The number of carbonyl (C=O) groups excluding carboxylic acids is 1. The van der Waals surface area contributed by atoms with Crippen LogP contribution in [0.5, 0.6) is 11.5 Å². The SMILES string of the molecule is CC(=O)Oc1ccc(OCc2ccccc2)c(-c2cn(C)c(=O)c3[nH]ccc23)c1. The van der Waals surface area contributed by atoms with E-state index in [1.54, 1.807) is 37.6 Å². The lowest BCUT2D eigenvalue weighted by atomic mass is 10.0. The Balaban J connectivity index is 1.83. The average Bonchev–Trinajstić information content (AvgIpc) is 3.20. The van der Waals surface area contributed by atoms with E-state index in [9.17, 15) is 9.59 Å². The molecule has 0 aliphatic heterocycles. The van der Waals surface area contributed by atoms with Crippen LogP contribution in [-0.2, 0) is 18.4 Å². The third-order valence-electron chi connectivity index (χ3n) is 4.63. The molecule has 29 heavy (non-hydrogen) atoms. The molecule has 1 N–H and O–H groups in total. The molecule has 0 bridgehead atoms. The van der Waals surface area contributed by atoms with Crippen molar-refractivity contribution in [3.63, 3.8) is 0 Å². The molecule has 0 spiro atoms. The summed E-state index contributed by atoms with van der Waals surface area (Å²) in [6.07, 6.45) is 3.50. The van der Waals surface area contributed by atoms with E-state index in [4.69, 9.17) is 9.47 Å². The van der Waals surface area contributed by atoms with Gasteiger partial charge in [-0.15, -0.1) is 0 Å². The van der Waals surface area contributed by atoms with Crippen LogP contribution in [0.2, 0.25) is 0 Å². The maximum Gasteiger partial charge on any atom is 0.308 e. The van der Waals surface area contributed by atoms with Gasteiger partial charge in [0.05, 0.1) is 0 Å². The maximum atomic E-state index is 12.4. The Labute approximate surface area is 167 Å². The smallest absolute Gasteiger partial charge is 0.308 e. The molecule has 0 radical (unpaired) electrons. The second kappa shape index (κ2) is 7.67. The van der Waals surface area contributed by atoms with Crippen molar-refractivity contribution in [3.05, 3.63) is 82.9 Å². The van der Waals surface area contributed by atoms with Gasteiger partial charge in [0, 0.05) is 42.9 Å². The van der Waals surface area contributed by atoms with Gasteiger partial charge in [0.2, 0.25) is 0 Å². The van der Waals surface area contributed by atoms with Crippen molar-refractivity contribution in [2.75, 3.05) is 0 Å². The molecule has 0 unspecified atom stereocenters. The molecule has 0 saturated carbocycles. The van der Waals surface area contributed by atoms with Crippen LogP contribution >= 0.6 is 0 Å². The fourth-order valence-corrected chi connectivity index (χ4v) is 3.29. The minimum absolute atomic E-state index is 0.114. The Morgan fingerprint density at radius 3 is 2.62 bits per heavy atom. The van der Waals surface area contributed by atoms with Gasteiger partial charge in [-0.1, -0.05) is 30.3 Å². The van der Waals surface area contributed by atoms with Crippen LogP contribution < -0.4 is 15.0 Å². The molecule has 4 rings (SSSR count). The summed E-state index contributed by atoms with van der Waals surface area (Å²) < 4.78 is 12.9. The van der Waals surface area contributed by atoms with E-state index in [2.05, 4.69) is 4.98 Å². The van der Waals surface area contributed by atoms with E-state index >= 15 is 0 Å². The Morgan fingerprint density at radius 1 is 1.07 bits per heavy atom. The Hall–Kier alpha value is -3.80. The number of aromatic amines is 1. The molecule has 4 aromatic rings. The van der Waals surface area contributed by atoms with E-state index in [1.165, 1.54) is 11.5 Å². The third kappa shape index (κ3) is 3.78. The van der Waals surface area contributed by atoms with Crippen molar-refractivity contribution in [2.24, 2.45) is 7.05 Å². The van der Waals surface area contributed by atoms with Crippen molar-refractivity contribution in [1.82, 2.24) is 9.55 Å². The summed E-state index contributed by atoms with van der Waals surface area (Å²) in [5.74, 6) is 0.643. The van der Waals surface area contributed by atoms with E-state index < -0.39 is 5.97 Å². The molecule has 146 valence electrons. The monoisotopic (exact) mass is 388 g/mol. The quantitative estimate of drug-likeness (QED) is 0.414. The number of rotatable bonds is 5. The van der Waals surface area contributed by atoms with Crippen molar-refractivity contribution in [3.8, 4) is 22.6 Å². The zero-order valence-corrected chi connectivity index (χ0v) is 16.1. The molecule has 2 aromatic heterocycles. The molecule has 0 amide bonds. The van der Waals surface area contributed by atoms with E-state index in [0.29, 0.717) is 23.6 Å². The Kier molecular flexibility index (Phi) is 4.91. The second-order valence-electron chi connectivity index (χ2n) is 6.75. The first-order chi connectivity index (χ1) is 14.0. The predicted octanol–water partition coefficient (Wildman–Crippen LogP) is 4.04. The van der Waals surface area contributed by atoms with Crippen LogP contribution in [-0.4, -0.2) is 15.5 Å². The molecule has 0 aliphatic rings. The van der Waals surface area contributed by atoms with Gasteiger partial charge < -0.3 is 19.0 Å². The van der Waals surface area contributed by atoms with Gasteiger partial charge in [-0.3, -0.25) is 9.59 Å². The molecule has 0 saturated heterocycles. The molecular formula is C23H20N2O4. The molecule has 6 heteroatoms. The summed E-state index contributed by atoms with van der Waals surface area (Å²) in [4.78, 5) is 26.8. The van der Waals surface area contributed by atoms with Gasteiger partial charge in [-0.25, -0.2) is 0 Å². The summed E-state index contributed by atoms with van der Waals surface area (Å²) in [6, 6.07) is 16.9. The standard InChI is InChI=1S/C23H20N2O4/c1-15(26)29-17-8-9-21(28-14-16-6-4-3-5-7-16)19(12-17)20-13-25(2)23(27)22-18(20)10-11-24-22/h3-13,24H,14H2,1-2H3. The fraction of sp³-hybridized carbons (Fsp3) is 0.130. The highest BCUT2D eigenvalue weighted by molar-refractivity contribution is 5.96. The highest BCUT2D eigenvalue weighted by Gasteiger charge is 2.16. The lowest BCUT2D eigenvalue weighted by Crippen LogP contribution is -2.16. The molecule has 2 heterocycles. The number of carbonyl (C=O) groups is 1. The van der Waals surface area contributed by atoms with Crippen LogP contribution in [0.3, 0.4) is 0 Å². The van der Waals surface area contributed by atoms with Crippen LogP contribution in [0.1, 0.15) is 12.5 Å². The maximum absolute atomic E-state index is 12.4. The summed E-state index contributed by atoms with van der Waals surface area (Å²) >= 11 is 0. The minimum Gasteiger partial charge on any atom is -0.488 e. The number of hydrogen-bond donors (Lipinski definition) is 1. The average molecular weight is 388 g/mol. The number of nitrogens with one attached hydrogen (secondary N) is 1. The first-order valence-electron chi connectivity index (χ1n) is 9.19. The van der Waals surface area contributed by atoms with Gasteiger partial charge in [-0.05, 0) is 29.8 Å². The minimum atomic E-state index is -0.402. The van der Waals surface area contributed by atoms with Gasteiger partial charge in [0.25, 0.3) is 5.56 Å². The molecule has 0 atom stereocenters. The highest BCUT2D eigenvalue weighted by atomic mass is 16.5. The Bertz CT molecular complexity index is 1240. The number of benzene rings is 2. The highest BCUT2D eigenvalue weighted by Crippen LogP contribution is 2.37. The van der Waals surface area contributed by atoms with E-state index in [1.807, 2.05) is 36.4 Å². The van der Waals surface area contributed by atoms with Crippen molar-refractivity contribution < 1.29 is 14.3 Å². The van der Waals surface area contributed by atoms with Crippen molar-refractivity contribution in [1.29, 1.82) is 0 Å². The molecule has 0 aliphatic carbocycles. The van der Waals surface area contributed by atoms with E-state index in [-0.39, 0.29) is 5.56 Å². The summed E-state index contributed by atoms with van der Waals surface area (Å²) in [7, 11) is 1.70. The first kappa shape index (κ1) is 18.6. The van der Waals surface area contributed by atoms with Gasteiger partial charge >= 0.3 is 5.97 Å². The van der Waals surface area contributed by atoms with Gasteiger partial charge in [0.1, 0.15) is 23.6 Å². The molecule has 0 fully saturated rings. The van der Waals surface area contributed by atoms with E-state index in [0.717, 1.165) is 22.1 Å². The zero-order valence-electron chi connectivity index (χ0n) is 16.1. The topological polar surface area (TPSA) is 73.3 Å². The van der Waals surface area contributed by atoms with Crippen LogP contribution in [0, 0.1) is 0 Å². The summed E-state index contributed by atoms with van der Waals surface area (Å²) in [5, 5.41) is 0.776. The third-order valence-corrected chi connectivity index (χ3v) is 4.63. The zero-order chi connectivity index (χ0) is 20.4. The van der Waals surface area contributed by atoms with Crippen LogP contribution in [0.15, 0.2) is 71.8 Å². The summed E-state index contributed by atoms with van der Waals surface area (Å²) in [5.41, 5.74) is 2.98. The summed E-state index contributed by atoms with van der Waals surface area (Å²) in [6.45, 7) is 1.75. The Morgan fingerprint density at radius 2 is 1.86 bits per heavy atom. The van der Waals surface area contributed by atoms with Crippen molar-refractivity contribution in [2.45, 2.75) is 13.5 Å². The molecule has 6 nitrogen and oxygen atoms in total. The lowest BCUT2D eigenvalue weighted by molar-refractivity contribution is -0.131. The van der Waals surface area contributed by atoms with Crippen LogP contribution in [0.4, 0.5) is 0 Å². The number of nitrogens with zero attached hydrogens (tertiary/aromatic N) is 1. The largest absolute Gasteiger partial charge is 0.488 e. The number of hydrogen-bond acceptors (Lipinski definition) is 4. The van der Waals surface area contributed by atoms with Gasteiger partial charge in [0.15, 0.2) is 0 Å². The number of pyridine rings is 1. The number of aromatic nitrogens is 2. The number of ether oxygens (including phenoxy) is 2. The number of esters is 1. The lowest BCUT2D eigenvalue weighted by Gasteiger charge is -2.15. The fourth-order valence-electron chi connectivity index (χ4n) is 3.29. The van der Waals surface area contributed by atoms with Crippen molar-refractivity contribution >= 4 is 16.9 Å². The number of H-pyrrole nitrogens is 1. The molecular weight excluding hydrogens is 368 g/mol. The van der Waals surface area contributed by atoms with Gasteiger partial charge in [-0.2, -0.15) is 0 Å². The van der Waals surface area contributed by atoms with Crippen LogP contribution in [0.25, 0.3) is 22.0 Å². The number of aryl methyl sites for hydroxylation is 1. The predicted molar refractivity (Wildman–Crippen MR) is 111 cm³/mol. The first-order valence-corrected chi connectivity index (χ1v) is 9.19. The second-order valence-corrected chi connectivity index (χ2v) is 6.75. The number of fused-ring (bicyclic) bond motifs is 1. The molecule has 2 aromatic carbocycles. The normalized spacial score (nSPS) is 10.8.